The quantitative estimate of drug-likeness (QED) is 0.622. The number of halogens is 1. The van der Waals surface area contributed by atoms with E-state index in [1.54, 1.807) is 6.92 Å². The van der Waals surface area contributed by atoms with Crippen LogP contribution in [0.25, 0.3) is 0 Å². The average Bonchev–Trinajstić information content (AvgIpc) is 2.77. The number of benzene rings is 1. The predicted octanol–water partition coefficient (Wildman–Crippen LogP) is 2.57. The van der Waals surface area contributed by atoms with Gasteiger partial charge in [-0.15, -0.1) is 10.2 Å². The van der Waals surface area contributed by atoms with E-state index in [0.717, 1.165) is 0 Å². The third kappa shape index (κ3) is 3.52. The van der Waals surface area contributed by atoms with Crippen molar-refractivity contribution in [1.82, 2.24) is 15.1 Å². The van der Waals surface area contributed by atoms with Crippen molar-refractivity contribution in [2.75, 3.05) is 7.05 Å². The van der Waals surface area contributed by atoms with Gasteiger partial charge in [0.2, 0.25) is 11.8 Å². The zero-order valence-electron chi connectivity index (χ0n) is 11.0. The van der Waals surface area contributed by atoms with E-state index in [9.17, 15) is 10.1 Å². The SMILES string of the molecule is Cc1nnc(CN(C)Cc2cc([N+](=O)[O-])ccc2Cl)o1. The molecule has 0 aliphatic heterocycles. The van der Waals surface area contributed by atoms with Gasteiger partial charge in [0.1, 0.15) is 0 Å². The number of aryl methyl sites for hydroxylation is 1. The molecular formula is C12H13ClN4O3. The van der Waals surface area contributed by atoms with Crippen molar-refractivity contribution in [3.05, 3.63) is 50.7 Å². The lowest BCUT2D eigenvalue weighted by Gasteiger charge is -2.15. The van der Waals surface area contributed by atoms with Gasteiger partial charge in [-0.05, 0) is 18.7 Å². The van der Waals surface area contributed by atoms with Gasteiger partial charge in [0.15, 0.2) is 0 Å². The fraction of sp³-hybridized carbons (Fsp3) is 0.333. The second-order valence-corrected chi connectivity index (χ2v) is 4.83. The number of nitro benzene ring substituents is 1. The van der Waals surface area contributed by atoms with Crippen LogP contribution in [0.3, 0.4) is 0 Å². The summed E-state index contributed by atoms with van der Waals surface area (Å²) in [6, 6.07) is 4.38. The molecule has 0 unspecified atom stereocenters. The highest BCUT2D eigenvalue weighted by molar-refractivity contribution is 6.31. The summed E-state index contributed by atoms with van der Waals surface area (Å²) in [4.78, 5) is 12.2. The summed E-state index contributed by atoms with van der Waals surface area (Å²) in [6.45, 7) is 2.61. The van der Waals surface area contributed by atoms with E-state index < -0.39 is 4.92 Å². The predicted molar refractivity (Wildman–Crippen MR) is 72.3 cm³/mol. The van der Waals surface area contributed by atoms with Crippen LogP contribution in [-0.4, -0.2) is 27.1 Å². The fourth-order valence-electron chi connectivity index (χ4n) is 1.77. The molecule has 0 bridgehead atoms. The van der Waals surface area contributed by atoms with Crippen LogP contribution in [0.15, 0.2) is 22.6 Å². The van der Waals surface area contributed by atoms with Crippen LogP contribution in [0.1, 0.15) is 17.3 Å². The average molecular weight is 297 g/mol. The van der Waals surface area contributed by atoms with Crippen molar-refractivity contribution in [1.29, 1.82) is 0 Å². The van der Waals surface area contributed by atoms with E-state index in [4.69, 9.17) is 16.0 Å². The highest BCUT2D eigenvalue weighted by Crippen LogP contribution is 2.23. The second kappa shape index (κ2) is 5.98. The lowest BCUT2D eigenvalue weighted by molar-refractivity contribution is -0.384. The fourth-order valence-corrected chi connectivity index (χ4v) is 1.95. The highest BCUT2D eigenvalue weighted by atomic mass is 35.5. The van der Waals surface area contributed by atoms with Gasteiger partial charge >= 0.3 is 0 Å². The standard InChI is InChI=1S/C12H13ClN4O3/c1-8-14-15-12(20-8)7-16(2)6-9-5-10(17(18)19)3-4-11(9)13/h3-5H,6-7H2,1-2H3. The molecule has 0 aliphatic rings. The molecule has 0 radical (unpaired) electrons. The Labute approximate surface area is 120 Å². The molecule has 1 heterocycles. The molecule has 7 nitrogen and oxygen atoms in total. The summed E-state index contributed by atoms with van der Waals surface area (Å²) >= 11 is 6.05. The van der Waals surface area contributed by atoms with Gasteiger partial charge in [0.05, 0.1) is 11.5 Å². The van der Waals surface area contributed by atoms with Crippen LogP contribution in [0.4, 0.5) is 5.69 Å². The lowest BCUT2D eigenvalue weighted by atomic mass is 10.2. The van der Waals surface area contributed by atoms with E-state index in [-0.39, 0.29) is 5.69 Å². The first-order valence-electron chi connectivity index (χ1n) is 5.86. The normalized spacial score (nSPS) is 11.0. The van der Waals surface area contributed by atoms with Gasteiger partial charge in [-0.3, -0.25) is 15.0 Å². The molecule has 0 fully saturated rings. The van der Waals surface area contributed by atoms with E-state index in [1.807, 2.05) is 11.9 Å². The van der Waals surface area contributed by atoms with Crippen LogP contribution in [0.5, 0.6) is 0 Å². The number of hydrogen-bond donors (Lipinski definition) is 0. The second-order valence-electron chi connectivity index (χ2n) is 4.42. The maximum atomic E-state index is 10.8. The maximum absolute atomic E-state index is 10.8. The number of nitro groups is 1. The van der Waals surface area contributed by atoms with Crippen molar-refractivity contribution in [3.63, 3.8) is 0 Å². The Kier molecular flexibility index (Phi) is 4.31. The largest absolute Gasteiger partial charge is 0.424 e. The summed E-state index contributed by atoms with van der Waals surface area (Å²) < 4.78 is 5.28. The number of aromatic nitrogens is 2. The van der Waals surface area contributed by atoms with E-state index in [1.165, 1.54) is 18.2 Å². The molecule has 0 saturated carbocycles. The third-order valence-electron chi connectivity index (χ3n) is 2.65. The van der Waals surface area contributed by atoms with Crippen molar-refractivity contribution in [2.24, 2.45) is 0 Å². The van der Waals surface area contributed by atoms with Crippen molar-refractivity contribution >= 4 is 17.3 Å². The molecule has 0 saturated heterocycles. The first-order chi connectivity index (χ1) is 9.45. The van der Waals surface area contributed by atoms with Gasteiger partial charge in [0, 0.05) is 30.6 Å². The van der Waals surface area contributed by atoms with Crippen molar-refractivity contribution in [3.8, 4) is 0 Å². The monoisotopic (exact) mass is 296 g/mol. The number of hydrogen-bond acceptors (Lipinski definition) is 6. The molecule has 1 aromatic carbocycles. The molecule has 0 amide bonds. The van der Waals surface area contributed by atoms with E-state index in [0.29, 0.717) is 35.5 Å². The smallest absolute Gasteiger partial charge is 0.269 e. The first kappa shape index (κ1) is 14.4. The Morgan fingerprint density at radius 2 is 2.15 bits per heavy atom. The number of rotatable bonds is 5. The van der Waals surface area contributed by atoms with Crippen LogP contribution in [0.2, 0.25) is 5.02 Å². The minimum atomic E-state index is -0.443. The third-order valence-corrected chi connectivity index (χ3v) is 3.02. The van der Waals surface area contributed by atoms with Gasteiger partial charge in [-0.2, -0.15) is 0 Å². The van der Waals surface area contributed by atoms with Gasteiger partial charge in [-0.25, -0.2) is 0 Å². The molecule has 1 aromatic heterocycles. The molecule has 0 N–H and O–H groups in total. The molecule has 0 spiro atoms. The molecular weight excluding hydrogens is 284 g/mol. The summed E-state index contributed by atoms with van der Waals surface area (Å²) in [5.74, 6) is 0.994. The summed E-state index contributed by atoms with van der Waals surface area (Å²) in [5.41, 5.74) is 0.700. The molecule has 8 heteroatoms. The first-order valence-corrected chi connectivity index (χ1v) is 6.24. The Balaban J connectivity index is 2.08. The maximum Gasteiger partial charge on any atom is 0.269 e. The minimum Gasteiger partial charge on any atom is -0.424 e. The zero-order valence-corrected chi connectivity index (χ0v) is 11.8. The Morgan fingerprint density at radius 1 is 1.40 bits per heavy atom. The zero-order chi connectivity index (χ0) is 14.7. The van der Waals surface area contributed by atoms with Gasteiger partial charge < -0.3 is 4.42 Å². The summed E-state index contributed by atoms with van der Waals surface area (Å²) in [6.07, 6.45) is 0. The summed E-state index contributed by atoms with van der Waals surface area (Å²) in [5, 5.41) is 18.9. The molecule has 0 aliphatic carbocycles. The van der Waals surface area contributed by atoms with E-state index in [2.05, 4.69) is 10.2 Å². The van der Waals surface area contributed by atoms with Crippen LogP contribution < -0.4 is 0 Å². The molecule has 2 rings (SSSR count). The van der Waals surface area contributed by atoms with Crippen LogP contribution in [0, 0.1) is 17.0 Å². The molecule has 106 valence electrons. The molecule has 0 atom stereocenters. The number of nitrogens with zero attached hydrogens (tertiary/aromatic N) is 4. The van der Waals surface area contributed by atoms with E-state index >= 15 is 0 Å². The molecule has 2 aromatic rings. The van der Waals surface area contributed by atoms with Gasteiger partial charge in [-0.1, -0.05) is 11.6 Å². The number of non-ortho nitro benzene ring substituents is 1. The topological polar surface area (TPSA) is 85.3 Å². The Bertz CT molecular complexity index is 629. The Hall–Kier alpha value is -1.99. The van der Waals surface area contributed by atoms with Crippen LogP contribution in [-0.2, 0) is 13.1 Å². The van der Waals surface area contributed by atoms with Crippen LogP contribution >= 0.6 is 11.6 Å². The minimum absolute atomic E-state index is 0.0198. The Morgan fingerprint density at radius 3 is 2.75 bits per heavy atom. The lowest BCUT2D eigenvalue weighted by Crippen LogP contribution is -2.17. The highest BCUT2D eigenvalue weighted by Gasteiger charge is 2.13. The van der Waals surface area contributed by atoms with Crippen molar-refractivity contribution in [2.45, 2.75) is 20.0 Å². The van der Waals surface area contributed by atoms with Crippen molar-refractivity contribution < 1.29 is 9.34 Å². The van der Waals surface area contributed by atoms with Gasteiger partial charge in [0.25, 0.3) is 5.69 Å². The summed E-state index contributed by atoms with van der Waals surface area (Å²) in [7, 11) is 1.84. The molecule has 20 heavy (non-hydrogen) atoms.